The van der Waals surface area contributed by atoms with Crippen LogP contribution in [0.5, 0.6) is 0 Å². The SMILES string of the molecule is C=Cc1ccc(N)c(-c2ccc(C)cc2)c1. The fourth-order valence-electron chi connectivity index (χ4n) is 1.68. The van der Waals surface area contributed by atoms with Crippen LogP contribution in [-0.2, 0) is 0 Å². The maximum atomic E-state index is 5.98. The molecule has 0 heterocycles. The lowest BCUT2D eigenvalue weighted by Crippen LogP contribution is -1.90. The molecule has 0 spiro atoms. The van der Waals surface area contributed by atoms with Gasteiger partial charge >= 0.3 is 0 Å². The summed E-state index contributed by atoms with van der Waals surface area (Å²) in [5.74, 6) is 0. The number of nitrogens with two attached hydrogens (primary N) is 1. The van der Waals surface area contributed by atoms with E-state index < -0.39 is 0 Å². The van der Waals surface area contributed by atoms with E-state index in [1.165, 1.54) is 5.56 Å². The second kappa shape index (κ2) is 4.23. The van der Waals surface area contributed by atoms with Crippen LogP contribution in [-0.4, -0.2) is 0 Å². The van der Waals surface area contributed by atoms with Crippen LogP contribution < -0.4 is 5.73 Å². The molecule has 80 valence electrons. The number of hydrogen-bond donors (Lipinski definition) is 1. The van der Waals surface area contributed by atoms with Crippen molar-refractivity contribution < 1.29 is 0 Å². The third-order valence-electron chi connectivity index (χ3n) is 2.68. The second-order valence-corrected chi connectivity index (χ2v) is 3.92. The van der Waals surface area contributed by atoms with Gasteiger partial charge in [0.2, 0.25) is 0 Å². The zero-order valence-electron chi connectivity index (χ0n) is 9.40. The molecule has 0 aliphatic rings. The van der Waals surface area contributed by atoms with Crippen molar-refractivity contribution in [3.63, 3.8) is 0 Å². The quantitative estimate of drug-likeness (QED) is 0.746. The molecule has 0 atom stereocenters. The van der Waals surface area contributed by atoms with Crippen LogP contribution in [0.4, 0.5) is 5.69 Å². The van der Waals surface area contributed by atoms with Crippen LogP contribution in [0.25, 0.3) is 17.2 Å². The molecule has 2 rings (SSSR count). The summed E-state index contributed by atoms with van der Waals surface area (Å²) in [4.78, 5) is 0. The van der Waals surface area contributed by atoms with Crippen LogP contribution in [0.2, 0.25) is 0 Å². The minimum atomic E-state index is 0.800. The number of anilines is 1. The molecule has 1 nitrogen and oxygen atoms in total. The molecule has 0 aliphatic carbocycles. The minimum absolute atomic E-state index is 0.800. The van der Waals surface area contributed by atoms with E-state index in [2.05, 4.69) is 43.8 Å². The smallest absolute Gasteiger partial charge is 0.0394 e. The molecule has 0 saturated heterocycles. The number of nitrogen functional groups attached to an aromatic ring is 1. The topological polar surface area (TPSA) is 26.0 Å². The van der Waals surface area contributed by atoms with Crippen molar-refractivity contribution in [2.24, 2.45) is 0 Å². The highest BCUT2D eigenvalue weighted by molar-refractivity contribution is 5.78. The van der Waals surface area contributed by atoms with E-state index >= 15 is 0 Å². The Morgan fingerprint density at radius 3 is 2.38 bits per heavy atom. The van der Waals surface area contributed by atoms with Gasteiger partial charge in [0.15, 0.2) is 0 Å². The summed E-state index contributed by atoms with van der Waals surface area (Å²) in [7, 11) is 0. The van der Waals surface area contributed by atoms with Gasteiger partial charge in [-0.1, -0.05) is 48.6 Å². The molecular formula is C15H15N. The zero-order chi connectivity index (χ0) is 11.5. The number of benzene rings is 2. The highest BCUT2D eigenvalue weighted by Crippen LogP contribution is 2.27. The molecule has 16 heavy (non-hydrogen) atoms. The van der Waals surface area contributed by atoms with Crippen molar-refractivity contribution in [1.82, 2.24) is 0 Å². The molecule has 0 unspecified atom stereocenters. The molecule has 0 radical (unpaired) electrons. The average Bonchev–Trinajstić information content (AvgIpc) is 2.31. The van der Waals surface area contributed by atoms with Crippen molar-refractivity contribution in [3.8, 4) is 11.1 Å². The molecule has 0 aliphatic heterocycles. The first-order valence-corrected chi connectivity index (χ1v) is 5.29. The molecule has 0 amide bonds. The minimum Gasteiger partial charge on any atom is -0.398 e. The Morgan fingerprint density at radius 1 is 1.06 bits per heavy atom. The summed E-state index contributed by atoms with van der Waals surface area (Å²) in [5, 5.41) is 0. The standard InChI is InChI=1S/C15H15N/c1-3-12-6-9-15(16)14(10-12)13-7-4-11(2)5-8-13/h3-10H,1,16H2,2H3. The third kappa shape index (κ3) is 1.98. The molecule has 0 bridgehead atoms. The van der Waals surface area contributed by atoms with Crippen LogP contribution in [0.15, 0.2) is 49.0 Å². The summed E-state index contributed by atoms with van der Waals surface area (Å²) < 4.78 is 0. The average molecular weight is 209 g/mol. The van der Waals surface area contributed by atoms with E-state index in [1.54, 1.807) is 0 Å². The Balaban J connectivity index is 2.54. The fourth-order valence-corrected chi connectivity index (χ4v) is 1.68. The van der Waals surface area contributed by atoms with Gasteiger partial charge < -0.3 is 5.73 Å². The molecule has 2 aromatic carbocycles. The molecule has 1 heteroatoms. The van der Waals surface area contributed by atoms with Gasteiger partial charge in [-0.25, -0.2) is 0 Å². The summed E-state index contributed by atoms with van der Waals surface area (Å²) in [6.45, 7) is 5.85. The van der Waals surface area contributed by atoms with Gasteiger partial charge in [-0.05, 0) is 30.2 Å². The summed E-state index contributed by atoms with van der Waals surface area (Å²) >= 11 is 0. The Morgan fingerprint density at radius 2 is 1.75 bits per heavy atom. The molecule has 0 fully saturated rings. The highest BCUT2D eigenvalue weighted by Gasteiger charge is 2.02. The Labute approximate surface area is 96.2 Å². The maximum absolute atomic E-state index is 5.98. The predicted molar refractivity (Wildman–Crippen MR) is 71.1 cm³/mol. The first-order valence-electron chi connectivity index (χ1n) is 5.29. The van der Waals surface area contributed by atoms with Gasteiger partial charge in [0, 0.05) is 11.3 Å². The fraction of sp³-hybridized carbons (Fsp3) is 0.0667. The summed E-state index contributed by atoms with van der Waals surface area (Å²) in [6.07, 6.45) is 1.83. The van der Waals surface area contributed by atoms with Gasteiger partial charge in [-0.15, -0.1) is 0 Å². The lowest BCUT2D eigenvalue weighted by Gasteiger charge is -2.07. The predicted octanol–water partition coefficient (Wildman–Crippen LogP) is 3.89. The highest BCUT2D eigenvalue weighted by atomic mass is 14.6. The van der Waals surface area contributed by atoms with Gasteiger partial charge in [0.05, 0.1) is 0 Å². The van der Waals surface area contributed by atoms with E-state index in [9.17, 15) is 0 Å². The number of aryl methyl sites for hydroxylation is 1. The summed E-state index contributed by atoms with van der Waals surface area (Å²) in [5.41, 5.74) is 11.3. The van der Waals surface area contributed by atoms with Crippen LogP contribution in [0.1, 0.15) is 11.1 Å². The lowest BCUT2D eigenvalue weighted by molar-refractivity contribution is 1.47. The Bertz CT molecular complexity index is 509. The largest absolute Gasteiger partial charge is 0.398 e. The number of rotatable bonds is 2. The third-order valence-corrected chi connectivity index (χ3v) is 2.68. The Hall–Kier alpha value is -2.02. The van der Waals surface area contributed by atoms with Gasteiger partial charge in [0.25, 0.3) is 0 Å². The van der Waals surface area contributed by atoms with E-state index in [0.29, 0.717) is 0 Å². The van der Waals surface area contributed by atoms with Gasteiger partial charge in [0.1, 0.15) is 0 Å². The van der Waals surface area contributed by atoms with Crippen molar-refractivity contribution in [2.45, 2.75) is 6.92 Å². The molecule has 2 aromatic rings. The normalized spacial score (nSPS) is 10.1. The van der Waals surface area contributed by atoms with Crippen LogP contribution in [0.3, 0.4) is 0 Å². The second-order valence-electron chi connectivity index (χ2n) is 3.92. The molecule has 2 N–H and O–H groups in total. The van der Waals surface area contributed by atoms with Crippen molar-refractivity contribution in [1.29, 1.82) is 0 Å². The van der Waals surface area contributed by atoms with E-state index in [0.717, 1.165) is 22.4 Å². The van der Waals surface area contributed by atoms with Gasteiger partial charge in [-0.3, -0.25) is 0 Å². The first-order chi connectivity index (χ1) is 7.70. The number of hydrogen-bond acceptors (Lipinski definition) is 1. The van der Waals surface area contributed by atoms with Crippen molar-refractivity contribution >= 4 is 11.8 Å². The van der Waals surface area contributed by atoms with E-state index in [-0.39, 0.29) is 0 Å². The maximum Gasteiger partial charge on any atom is 0.0394 e. The van der Waals surface area contributed by atoms with Crippen molar-refractivity contribution in [3.05, 3.63) is 60.2 Å². The van der Waals surface area contributed by atoms with Gasteiger partial charge in [-0.2, -0.15) is 0 Å². The van der Waals surface area contributed by atoms with Crippen LogP contribution >= 0.6 is 0 Å². The van der Waals surface area contributed by atoms with Crippen molar-refractivity contribution in [2.75, 3.05) is 5.73 Å². The van der Waals surface area contributed by atoms with E-state index in [1.807, 2.05) is 18.2 Å². The summed E-state index contributed by atoms with van der Waals surface area (Å²) in [6, 6.07) is 14.3. The zero-order valence-corrected chi connectivity index (χ0v) is 9.40. The van der Waals surface area contributed by atoms with Crippen LogP contribution in [0, 0.1) is 6.92 Å². The molecule has 0 aromatic heterocycles. The lowest BCUT2D eigenvalue weighted by atomic mass is 10.0. The Kier molecular flexibility index (Phi) is 2.78. The molecular weight excluding hydrogens is 194 g/mol. The molecule has 0 saturated carbocycles. The first kappa shape index (κ1) is 10.5. The van der Waals surface area contributed by atoms with E-state index in [4.69, 9.17) is 5.73 Å². The monoisotopic (exact) mass is 209 g/mol.